The van der Waals surface area contributed by atoms with Crippen LogP contribution in [0.4, 0.5) is 0 Å². The molecule has 0 aromatic heterocycles. The number of ether oxygens (including phenoxy) is 1. The molecule has 6 atom stereocenters. The summed E-state index contributed by atoms with van der Waals surface area (Å²) in [5.41, 5.74) is 0. The molecule has 2 fully saturated rings. The standard InChI is InChI=1S/C22H30N2O5S/c1-5-14(12-25)24-17-19(27)23(13(2)3)10-6-9-22(17)15(18(24)26)16-20(28)29-11-7-8-21(16,4)30-22/h6-9,13-17,25H,5,10-12H2,1-4H3/t14-,15-,16+,17?,21-,22-/m0/s1. The van der Waals surface area contributed by atoms with E-state index in [1.54, 1.807) is 9.80 Å². The molecule has 0 radical (unpaired) electrons. The maximum absolute atomic E-state index is 13.9. The number of aliphatic hydroxyl groups is 1. The van der Waals surface area contributed by atoms with Crippen LogP contribution in [0, 0.1) is 11.8 Å². The van der Waals surface area contributed by atoms with E-state index in [1.165, 1.54) is 11.8 Å². The average molecular weight is 435 g/mol. The number of carbonyl (C=O) groups excluding carboxylic acids is 3. The van der Waals surface area contributed by atoms with Gasteiger partial charge in [0.2, 0.25) is 11.8 Å². The first-order valence-corrected chi connectivity index (χ1v) is 11.5. The summed E-state index contributed by atoms with van der Waals surface area (Å²) in [5, 5.41) is 10.0. The first-order valence-electron chi connectivity index (χ1n) is 10.7. The van der Waals surface area contributed by atoms with Crippen molar-refractivity contribution in [3.63, 3.8) is 0 Å². The van der Waals surface area contributed by atoms with Crippen LogP contribution in [0.3, 0.4) is 0 Å². The van der Waals surface area contributed by atoms with Gasteiger partial charge in [0.15, 0.2) is 0 Å². The minimum absolute atomic E-state index is 0.0279. The van der Waals surface area contributed by atoms with E-state index in [-0.39, 0.29) is 31.1 Å². The Bertz CT molecular complexity index is 822. The van der Waals surface area contributed by atoms with Crippen molar-refractivity contribution in [2.75, 3.05) is 19.8 Å². The van der Waals surface area contributed by atoms with Crippen LogP contribution < -0.4 is 0 Å². The molecule has 4 heterocycles. The van der Waals surface area contributed by atoms with Gasteiger partial charge in [0.1, 0.15) is 12.6 Å². The van der Waals surface area contributed by atoms with Crippen molar-refractivity contribution in [2.45, 2.75) is 61.7 Å². The van der Waals surface area contributed by atoms with Crippen LogP contribution in [0.5, 0.6) is 0 Å². The summed E-state index contributed by atoms with van der Waals surface area (Å²) >= 11 is 1.53. The minimum Gasteiger partial charge on any atom is -0.461 e. The Labute approximate surface area is 181 Å². The van der Waals surface area contributed by atoms with E-state index < -0.39 is 39.4 Å². The van der Waals surface area contributed by atoms with Gasteiger partial charge in [-0.25, -0.2) is 0 Å². The van der Waals surface area contributed by atoms with Crippen molar-refractivity contribution >= 4 is 29.5 Å². The van der Waals surface area contributed by atoms with E-state index in [0.29, 0.717) is 13.0 Å². The number of carbonyl (C=O) groups is 3. The summed E-state index contributed by atoms with van der Waals surface area (Å²) in [7, 11) is 0. The van der Waals surface area contributed by atoms with Crippen LogP contribution in [-0.2, 0) is 19.1 Å². The molecule has 4 rings (SSSR count). The molecule has 1 N–H and O–H groups in total. The smallest absolute Gasteiger partial charge is 0.311 e. The third kappa shape index (κ3) is 2.79. The number of aliphatic hydroxyl groups excluding tert-OH is 1. The molecule has 164 valence electrons. The highest BCUT2D eigenvalue weighted by Crippen LogP contribution is 2.65. The number of hydrogen-bond donors (Lipinski definition) is 1. The molecule has 1 unspecified atom stereocenters. The second kappa shape index (κ2) is 7.41. The molecule has 4 aliphatic heterocycles. The monoisotopic (exact) mass is 434 g/mol. The lowest BCUT2D eigenvalue weighted by molar-refractivity contribution is -0.153. The van der Waals surface area contributed by atoms with E-state index in [9.17, 15) is 19.5 Å². The molecule has 4 aliphatic rings. The molecule has 0 aromatic carbocycles. The van der Waals surface area contributed by atoms with Crippen molar-refractivity contribution in [3.05, 3.63) is 24.3 Å². The number of fused-ring (bicyclic) bond motifs is 2. The zero-order valence-corrected chi connectivity index (χ0v) is 18.7. The number of cyclic esters (lactones) is 1. The number of likely N-dealkylation sites (tertiary alicyclic amines) is 1. The Hall–Kier alpha value is -1.80. The molecule has 8 heteroatoms. The largest absolute Gasteiger partial charge is 0.461 e. The van der Waals surface area contributed by atoms with E-state index in [0.717, 1.165) is 0 Å². The predicted octanol–water partition coefficient (Wildman–Crippen LogP) is 1.36. The number of rotatable bonds is 4. The van der Waals surface area contributed by atoms with Crippen molar-refractivity contribution in [1.82, 2.24) is 9.80 Å². The van der Waals surface area contributed by atoms with Gasteiger partial charge >= 0.3 is 5.97 Å². The van der Waals surface area contributed by atoms with Crippen molar-refractivity contribution in [1.29, 1.82) is 0 Å². The lowest BCUT2D eigenvalue weighted by Gasteiger charge is -2.40. The minimum atomic E-state index is -0.874. The Morgan fingerprint density at radius 3 is 2.57 bits per heavy atom. The highest BCUT2D eigenvalue weighted by atomic mass is 32.2. The van der Waals surface area contributed by atoms with Gasteiger partial charge in [0, 0.05) is 17.3 Å². The van der Waals surface area contributed by atoms with Crippen LogP contribution in [0.1, 0.15) is 34.1 Å². The molecule has 0 aromatic rings. The summed E-state index contributed by atoms with van der Waals surface area (Å²) in [5.74, 6) is -2.14. The summed E-state index contributed by atoms with van der Waals surface area (Å²) in [4.78, 5) is 44.0. The Morgan fingerprint density at radius 1 is 1.20 bits per heavy atom. The topological polar surface area (TPSA) is 87.2 Å². The van der Waals surface area contributed by atoms with Gasteiger partial charge in [0.05, 0.1) is 29.2 Å². The molecule has 0 bridgehead atoms. The van der Waals surface area contributed by atoms with Crippen LogP contribution >= 0.6 is 11.8 Å². The molecule has 7 nitrogen and oxygen atoms in total. The summed E-state index contributed by atoms with van der Waals surface area (Å²) in [6, 6.07) is -1.26. The van der Waals surface area contributed by atoms with Gasteiger partial charge in [0.25, 0.3) is 0 Å². The first-order chi connectivity index (χ1) is 14.2. The fraction of sp³-hybridized carbons (Fsp3) is 0.682. The maximum Gasteiger partial charge on any atom is 0.311 e. The highest BCUT2D eigenvalue weighted by Gasteiger charge is 2.74. The van der Waals surface area contributed by atoms with Crippen LogP contribution in [0.25, 0.3) is 0 Å². The van der Waals surface area contributed by atoms with E-state index in [1.807, 2.05) is 52.0 Å². The number of esters is 1. The molecule has 2 saturated heterocycles. The van der Waals surface area contributed by atoms with Crippen molar-refractivity contribution < 1.29 is 24.2 Å². The number of thioether (sulfide) groups is 1. The quantitative estimate of drug-likeness (QED) is 0.531. The zero-order valence-electron chi connectivity index (χ0n) is 17.9. The number of hydrogen-bond acceptors (Lipinski definition) is 6. The average Bonchev–Trinajstić information content (AvgIpc) is 2.94. The second-order valence-corrected chi connectivity index (χ2v) is 10.8. The fourth-order valence-electron chi connectivity index (χ4n) is 5.58. The van der Waals surface area contributed by atoms with Crippen LogP contribution in [0.2, 0.25) is 0 Å². The highest BCUT2D eigenvalue weighted by molar-refractivity contribution is 8.02. The Kier molecular flexibility index (Phi) is 5.29. The van der Waals surface area contributed by atoms with Crippen LogP contribution in [-0.4, -0.2) is 80.1 Å². The molecule has 0 aliphatic carbocycles. The molecule has 2 amide bonds. The maximum atomic E-state index is 13.9. The Balaban J connectivity index is 1.92. The molecular formula is C22H30N2O5S. The molecular weight excluding hydrogens is 404 g/mol. The van der Waals surface area contributed by atoms with Crippen molar-refractivity contribution in [2.24, 2.45) is 11.8 Å². The second-order valence-electron chi connectivity index (χ2n) is 9.01. The van der Waals surface area contributed by atoms with Gasteiger partial charge in [-0.15, -0.1) is 11.8 Å². The van der Waals surface area contributed by atoms with Gasteiger partial charge in [-0.3, -0.25) is 14.4 Å². The SMILES string of the molecule is CC[C@@H](CO)N1C(=O)[C@@H]2[C@@H]3C(=O)OCC=C[C@]3(C)S[C@@]23C=CCN(C(C)C)C(=O)C13. The number of amides is 2. The van der Waals surface area contributed by atoms with E-state index in [4.69, 9.17) is 4.74 Å². The predicted molar refractivity (Wildman–Crippen MR) is 114 cm³/mol. The summed E-state index contributed by atoms with van der Waals surface area (Å²) in [6.45, 7) is 8.19. The van der Waals surface area contributed by atoms with Crippen molar-refractivity contribution in [3.8, 4) is 0 Å². The molecule has 30 heavy (non-hydrogen) atoms. The Morgan fingerprint density at radius 2 is 1.93 bits per heavy atom. The summed E-state index contributed by atoms with van der Waals surface area (Å²) in [6.07, 6.45) is 8.25. The van der Waals surface area contributed by atoms with Gasteiger partial charge in [-0.05, 0) is 33.3 Å². The van der Waals surface area contributed by atoms with Crippen LogP contribution in [0.15, 0.2) is 24.3 Å². The zero-order chi connectivity index (χ0) is 21.8. The molecule has 0 saturated carbocycles. The van der Waals surface area contributed by atoms with Gasteiger partial charge in [-0.2, -0.15) is 0 Å². The summed E-state index contributed by atoms with van der Waals surface area (Å²) < 4.78 is 3.89. The third-order valence-electron chi connectivity index (χ3n) is 6.98. The van der Waals surface area contributed by atoms with E-state index >= 15 is 0 Å². The lowest BCUT2D eigenvalue weighted by Crippen LogP contribution is -2.57. The normalized spacial score (nSPS) is 38.9. The lowest BCUT2D eigenvalue weighted by atomic mass is 9.75. The fourth-order valence-corrected chi connectivity index (χ4v) is 7.72. The van der Waals surface area contributed by atoms with Gasteiger partial charge in [-0.1, -0.05) is 25.2 Å². The van der Waals surface area contributed by atoms with Gasteiger partial charge < -0.3 is 19.6 Å². The third-order valence-corrected chi connectivity index (χ3v) is 8.78. The molecule has 1 spiro atoms. The number of nitrogens with zero attached hydrogens (tertiary/aromatic N) is 2. The van der Waals surface area contributed by atoms with E-state index in [2.05, 4.69) is 0 Å². The first kappa shape index (κ1) is 21.4.